The fraction of sp³-hybridized carbons (Fsp3) is 0.375. The average Bonchev–Trinajstić information content (AvgIpc) is 3.26. The van der Waals surface area contributed by atoms with Gasteiger partial charge < -0.3 is 29.9 Å². The molecule has 8 rings (SSSR count). The van der Waals surface area contributed by atoms with Crippen molar-refractivity contribution in [3.63, 3.8) is 0 Å². The SMILES string of the molecule is CC(C)(C)OC(=O)N1CCCC(c2ccc3ncnc(Nc4cccc(Cl)c4F)c3c2)C1.CC(C)(C)OC(=O)N1CCC[C@H](c2ccc3ncnc(Nc4cccc(Cl)c4F)c3c2)C1. The Hall–Kier alpha value is -5.86. The summed E-state index contributed by atoms with van der Waals surface area (Å²) in [7, 11) is 0. The summed E-state index contributed by atoms with van der Waals surface area (Å²) < 4.78 is 39.9. The number of anilines is 4. The van der Waals surface area contributed by atoms with E-state index in [0.29, 0.717) is 37.8 Å². The molecule has 0 spiro atoms. The molecular formula is C48H52Cl2F2N8O4. The second kappa shape index (κ2) is 19.5. The molecule has 0 saturated carbocycles. The standard InChI is InChI=1S/2C24H26ClFN4O2/c2*1-24(2,3)32-23(31)30-11-5-6-16(13-30)15-9-10-19-17(12-15)22(28-14-27-19)29-20-8-4-7-18(25)21(20)26/h2*4,7-10,12,14,16H,5-6,11,13H2,1-3H3,(H,27,28,29)/t16-;/m0./s1. The molecule has 1 unspecified atom stereocenters. The first-order valence-electron chi connectivity index (χ1n) is 21.3. The number of hydrogen-bond acceptors (Lipinski definition) is 10. The fourth-order valence-corrected chi connectivity index (χ4v) is 8.14. The Labute approximate surface area is 381 Å². The van der Waals surface area contributed by atoms with Crippen LogP contribution in [-0.4, -0.2) is 79.3 Å². The van der Waals surface area contributed by atoms with Gasteiger partial charge in [0.25, 0.3) is 0 Å². The van der Waals surface area contributed by atoms with E-state index < -0.39 is 22.8 Å². The van der Waals surface area contributed by atoms with Crippen molar-refractivity contribution in [2.24, 2.45) is 0 Å². The molecule has 64 heavy (non-hydrogen) atoms. The van der Waals surface area contributed by atoms with Gasteiger partial charge in [-0.2, -0.15) is 0 Å². The fourth-order valence-electron chi connectivity index (χ4n) is 7.79. The molecule has 4 heterocycles. The predicted octanol–water partition coefficient (Wildman–Crippen LogP) is 12.6. The summed E-state index contributed by atoms with van der Waals surface area (Å²) in [5.41, 5.74) is 3.08. The third-order valence-electron chi connectivity index (χ3n) is 10.8. The van der Waals surface area contributed by atoms with Crippen molar-refractivity contribution in [3.8, 4) is 0 Å². The van der Waals surface area contributed by atoms with E-state index in [1.165, 1.54) is 24.8 Å². The lowest BCUT2D eigenvalue weighted by atomic mass is 9.90. The van der Waals surface area contributed by atoms with Crippen LogP contribution >= 0.6 is 23.2 Å². The van der Waals surface area contributed by atoms with E-state index in [9.17, 15) is 18.4 Å². The first-order valence-corrected chi connectivity index (χ1v) is 22.1. The minimum Gasteiger partial charge on any atom is -0.444 e. The highest BCUT2D eigenvalue weighted by molar-refractivity contribution is 6.31. The summed E-state index contributed by atoms with van der Waals surface area (Å²) >= 11 is 11.8. The van der Waals surface area contributed by atoms with Gasteiger partial charge in [-0.15, -0.1) is 0 Å². The number of nitrogens with zero attached hydrogens (tertiary/aromatic N) is 6. The minimum absolute atomic E-state index is 0.0403. The summed E-state index contributed by atoms with van der Waals surface area (Å²) in [6.07, 6.45) is 6.03. The zero-order chi connectivity index (χ0) is 45.8. The zero-order valence-corrected chi connectivity index (χ0v) is 38.2. The lowest BCUT2D eigenvalue weighted by Crippen LogP contribution is -2.42. The molecule has 0 aliphatic carbocycles. The highest BCUT2D eigenvalue weighted by Crippen LogP contribution is 2.35. The Bertz CT molecular complexity index is 2480. The predicted molar refractivity (Wildman–Crippen MR) is 248 cm³/mol. The quantitative estimate of drug-likeness (QED) is 0.166. The van der Waals surface area contributed by atoms with E-state index in [2.05, 4.69) is 30.6 Å². The number of piperidine rings is 2. The topological polar surface area (TPSA) is 135 Å². The summed E-state index contributed by atoms with van der Waals surface area (Å²) in [4.78, 5) is 46.0. The van der Waals surface area contributed by atoms with Crippen LogP contribution in [0.25, 0.3) is 21.8 Å². The number of amides is 2. The third-order valence-corrected chi connectivity index (χ3v) is 11.4. The van der Waals surface area contributed by atoms with Crippen LogP contribution in [0.3, 0.4) is 0 Å². The molecule has 0 bridgehead atoms. The van der Waals surface area contributed by atoms with Gasteiger partial charge >= 0.3 is 12.2 Å². The van der Waals surface area contributed by atoms with Crippen molar-refractivity contribution in [1.29, 1.82) is 0 Å². The number of carbonyl (C=O) groups is 2. The van der Waals surface area contributed by atoms with Crippen LogP contribution in [0, 0.1) is 11.6 Å². The maximum absolute atomic E-state index is 14.4. The van der Waals surface area contributed by atoms with E-state index in [1.54, 1.807) is 34.1 Å². The van der Waals surface area contributed by atoms with Gasteiger partial charge in [0.15, 0.2) is 11.6 Å². The third kappa shape index (κ3) is 11.4. The molecule has 2 aliphatic rings. The first kappa shape index (κ1) is 46.1. The molecule has 2 saturated heterocycles. The van der Waals surface area contributed by atoms with E-state index in [-0.39, 0.29) is 45.4 Å². The normalized spacial score (nSPS) is 16.8. The molecule has 16 heteroatoms. The number of likely N-dealkylation sites (tertiary alicyclic amines) is 2. The van der Waals surface area contributed by atoms with E-state index in [0.717, 1.165) is 58.6 Å². The van der Waals surface area contributed by atoms with Crippen LogP contribution in [-0.2, 0) is 9.47 Å². The summed E-state index contributed by atoms with van der Waals surface area (Å²) in [5.74, 6) is 0.263. The number of rotatable bonds is 6. The molecule has 336 valence electrons. The average molecular weight is 914 g/mol. The summed E-state index contributed by atoms with van der Waals surface area (Å²) in [6.45, 7) is 13.7. The van der Waals surface area contributed by atoms with Crippen LogP contribution < -0.4 is 10.6 Å². The van der Waals surface area contributed by atoms with Crippen LogP contribution in [0.5, 0.6) is 0 Å². The lowest BCUT2D eigenvalue weighted by molar-refractivity contribution is 0.0188. The number of aromatic nitrogens is 4. The number of carbonyl (C=O) groups excluding carboxylic acids is 2. The van der Waals surface area contributed by atoms with Crippen molar-refractivity contribution in [1.82, 2.24) is 29.7 Å². The van der Waals surface area contributed by atoms with E-state index in [4.69, 9.17) is 32.7 Å². The number of halogens is 4. The number of benzene rings is 4. The molecule has 12 nitrogen and oxygen atoms in total. The lowest BCUT2D eigenvalue weighted by Gasteiger charge is -2.34. The van der Waals surface area contributed by atoms with Crippen molar-refractivity contribution in [2.45, 2.75) is 90.3 Å². The molecular weight excluding hydrogens is 861 g/mol. The number of ether oxygens (including phenoxy) is 2. The van der Waals surface area contributed by atoms with Crippen LogP contribution in [0.4, 0.5) is 41.4 Å². The zero-order valence-electron chi connectivity index (χ0n) is 36.7. The molecule has 2 atom stereocenters. The van der Waals surface area contributed by atoms with Gasteiger partial charge in [0.1, 0.15) is 35.5 Å². The van der Waals surface area contributed by atoms with E-state index in [1.807, 2.05) is 77.9 Å². The minimum atomic E-state index is -0.530. The van der Waals surface area contributed by atoms with E-state index >= 15 is 0 Å². The smallest absolute Gasteiger partial charge is 0.410 e. The summed E-state index contributed by atoms with van der Waals surface area (Å²) in [5, 5.41) is 7.72. The van der Waals surface area contributed by atoms with Crippen molar-refractivity contribution in [3.05, 3.63) is 118 Å². The highest BCUT2D eigenvalue weighted by Gasteiger charge is 2.30. The molecule has 6 aromatic rings. The van der Waals surface area contributed by atoms with Crippen molar-refractivity contribution in [2.75, 3.05) is 36.8 Å². The second-order valence-corrected chi connectivity index (χ2v) is 18.8. The van der Waals surface area contributed by atoms with Gasteiger partial charge in [0, 0.05) is 48.8 Å². The number of fused-ring (bicyclic) bond motifs is 2. The van der Waals surface area contributed by atoms with Gasteiger partial charge in [0.2, 0.25) is 0 Å². The maximum Gasteiger partial charge on any atom is 0.410 e. The Morgan fingerprint density at radius 3 is 1.42 bits per heavy atom. The maximum atomic E-state index is 14.4. The van der Waals surface area contributed by atoms with Crippen molar-refractivity contribution < 1.29 is 27.8 Å². The number of nitrogens with one attached hydrogen (secondary N) is 2. The van der Waals surface area contributed by atoms with Gasteiger partial charge in [-0.25, -0.2) is 38.3 Å². The van der Waals surface area contributed by atoms with Gasteiger partial charge in [-0.3, -0.25) is 0 Å². The van der Waals surface area contributed by atoms with Crippen molar-refractivity contribution >= 4 is 80.2 Å². The first-order chi connectivity index (χ1) is 30.4. The monoisotopic (exact) mass is 912 g/mol. The Morgan fingerprint density at radius 2 is 1.03 bits per heavy atom. The second-order valence-electron chi connectivity index (χ2n) is 18.0. The molecule has 2 aliphatic heterocycles. The molecule has 0 radical (unpaired) electrons. The Morgan fingerprint density at radius 1 is 0.625 bits per heavy atom. The summed E-state index contributed by atoms with van der Waals surface area (Å²) in [6, 6.07) is 21.5. The number of hydrogen-bond donors (Lipinski definition) is 2. The molecule has 2 amide bonds. The largest absolute Gasteiger partial charge is 0.444 e. The highest BCUT2D eigenvalue weighted by atomic mass is 35.5. The van der Waals surface area contributed by atoms with Gasteiger partial charge in [-0.1, -0.05) is 47.5 Å². The van der Waals surface area contributed by atoms with Crippen LogP contribution in [0.1, 0.15) is 90.2 Å². The molecule has 2 N–H and O–H groups in total. The Kier molecular flexibility index (Phi) is 14.0. The molecule has 2 aromatic heterocycles. The molecule has 2 fully saturated rings. The Balaban J connectivity index is 0.000000191. The van der Waals surface area contributed by atoms with Crippen LogP contribution in [0.15, 0.2) is 85.5 Å². The molecule has 4 aromatic carbocycles. The van der Waals surface area contributed by atoms with Crippen LogP contribution in [0.2, 0.25) is 10.0 Å². The van der Waals surface area contributed by atoms with Gasteiger partial charge in [-0.05, 0) is 127 Å². The van der Waals surface area contributed by atoms with Gasteiger partial charge in [0.05, 0.1) is 32.5 Å².